The van der Waals surface area contributed by atoms with E-state index in [1.54, 1.807) is 12.1 Å². The molecule has 9 heteroatoms. The van der Waals surface area contributed by atoms with Crippen molar-refractivity contribution in [3.63, 3.8) is 0 Å². The van der Waals surface area contributed by atoms with Crippen LogP contribution in [0, 0.1) is 5.82 Å². The fraction of sp³-hybridized carbons (Fsp3) is 0.278. The van der Waals surface area contributed by atoms with Gasteiger partial charge in [-0.3, -0.25) is 4.79 Å². The molecule has 0 fully saturated rings. The molecule has 0 spiro atoms. The second kappa shape index (κ2) is 9.91. The summed E-state index contributed by atoms with van der Waals surface area (Å²) in [5, 5.41) is 2.71. The van der Waals surface area contributed by atoms with Crippen molar-refractivity contribution in [2.24, 2.45) is 0 Å². The highest BCUT2D eigenvalue weighted by atomic mass is 35.5. The molecule has 0 aliphatic rings. The predicted octanol–water partition coefficient (Wildman–Crippen LogP) is 3.83. The number of benzene rings is 2. The average Bonchev–Trinajstić information content (AvgIpc) is 2.61. The summed E-state index contributed by atoms with van der Waals surface area (Å²) in [6, 6.07) is 8.12. The summed E-state index contributed by atoms with van der Waals surface area (Å²) in [5.74, 6) is -0.581. The van der Waals surface area contributed by atoms with Gasteiger partial charge in [0, 0.05) is 6.54 Å². The van der Waals surface area contributed by atoms with Crippen LogP contribution >= 0.6 is 11.6 Å². The molecule has 0 aliphatic heterocycles. The Balaban J connectivity index is 1.80. The van der Waals surface area contributed by atoms with Crippen LogP contribution < -0.4 is 19.5 Å². The van der Waals surface area contributed by atoms with E-state index in [1.165, 1.54) is 25.3 Å². The lowest BCUT2D eigenvalue weighted by Gasteiger charge is -2.12. The zero-order valence-electron chi connectivity index (χ0n) is 14.3. The SMILES string of the molecule is COc1cc(CCNC(=O)COc2ccc(F)cc2Cl)ccc1OC(F)F. The van der Waals surface area contributed by atoms with Crippen LogP contribution in [-0.4, -0.2) is 32.8 Å². The van der Waals surface area contributed by atoms with E-state index >= 15 is 0 Å². The van der Waals surface area contributed by atoms with Crippen molar-refractivity contribution in [1.82, 2.24) is 5.32 Å². The molecule has 0 aliphatic carbocycles. The first-order chi connectivity index (χ1) is 12.9. The minimum Gasteiger partial charge on any atom is -0.493 e. The lowest BCUT2D eigenvalue weighted by molar-refractivity contribution is -0.123. The van der Waals surface area contributed by atoms with Crippen LogP contribution in [0.15, 0.2) is 36.4 Å². The molecule has 2 aromatic rings. The summed E-state index contributed by atoms with van der Waals surface area (Å²) in [7, 11) is 1.34. The number of amides is 1. The van der Waals surface area contributed by atoms with E-state index < -0.39 is 12.4 Å². The lowest BCUT2D eigenvalue weighted by atomic mass is 10.1. The van der Waals surface area contributed by atoms with Gasteiger partial charge < -0.3 is 19.5 Å². The molecule has 146 valence electrons. The molecule has 1 N–H and O–H groups in total. The zero-order chi connectivity index (χ0) is 19.8. The molecule has 0 aromatic heterocycles. The molecule has 0 saturated heterocycles. The fourth-order valence-corrected chi connectivity index (χ4v) is 2.42. The van der Waals surface area contributed by atoms with Crippen molar-refractivity contribution < 1.29 is 32.2 Å². The number of ether oxygens (including phenoxy) is 3. The molecule has 0 bridgehead atoms. The van der Waals surface area contributed by atoms with Gasteiger partial charge in [-0.25, -0.2) is 4.39 Å². The Labute approximate surface area is 159 Å². The Hall–Kier alpha value is -2.61. The van der Waals surface area contributed by atoms with Crippen molar-refractivity contribution in [3.8, 4) is 17.2 Å². The summed E-state index contributed by atoms with van der Waals surface area (Å²) in [4.78, 5) is 11.8. The molecule has 0 saturated carbocycles. The molecule has 2 aromatic carbocycles. The number of carbonyl (C=O) groups is 1. The maximum Gasteiger partial charge on any atom is 0.387 e. The van der Waals surface area contributed by atoms with E-state index in [2.05, 4.69) is 10.1 Å². The average molecular weight is 404 g/mol. The molecule has 0 heterocycles. The third-order valence-corrected chi connectivity index (χ3v) is 3.73. The van der Waals surface area contributed by atoms with Gasteiger partial charge in [-0.05, 0) is 42.3 Å². The summed E-state index contributed by atoms with van der Waals surface area (Å²) in [6.45, 7) is -2.94. The standard InChI is InChI=1S/C18H17ClF3NO4/c1-25-16-8-11(2-4-15(16)27-18(21)22)6-7-23-17(24)10-26-14-5-3-12(20)9-13(14)19/h2-5,8-9,18H,6-7,10H2,1H3,(H,23,24). The lowest BCUT2D eigenvalue weighted by Crippen LogP contribution is -2.30. The van der Waals surface area contributed by atoms with Crippen molar-refractivity contribution in [2.75, 3.05) is 20.3 Å². The number of methoxy groups -OCH3 is 1. The number of hydrogen-bond acceptors (Lipinski definition) is 4. The number of alkyl halides is 2. The molecule has 2 rings (SSSR count). The Kier molecular flexibility index (Phi) is 7.60. The quantitative estimate of drug-likeness (QED) is 0.691. The Morgan fingerprint density at radius 2 is 1.89 bits per heavy atom. The number of nitrogens with one attached hydrogen (secondary N) is 1. The van der Waals surface area contributed by atoms with Gasteiger partial charge in [0.15, 0.2) is 18.1 Å². The van der Waals surface area contributed by atoms with E-state index in [-0.39, 0.29) is 41.3 Å². The van der Waals surface area contributed by atoms with E-state index in [1.807, 2.05) is 0 Å². The summed E-state index contributed by atoms with van der Waals surface area (Å²) in [5.41, 5.74) is 0.760. The highest BCUT2D eigenvalue weighted by Crippen LogP contribution is 2.29. The molecule has 1 amide bonds. The van der Waals surface area contributed by atoms with Crippen LogP contribution in [0.3, 0.4) is 0 Å². The summed E-state index contributed by atoms with van der Waals surface area (Å²) in [6.07, 6.45) is 0.439. The minimum absolute atomic E-state index is 0.0649. The van der Waals surface area contributed by atoms with Crippen molar-refractivity contribution >= 4 is 17.5 Å². The van der Waals surface area contributed by atoms with Crippen LogP contribution in [0.1, 0.15) is 5.56 Å². The van der Waals surface area contributed by atoms with Gasteiger partial charge in [-0.15, -0.1) is 0 Å². The van der Waals surface area contributed by atoms with Gasteiger partial charge in [0.1, 0.15) is 11.6 Å². The monoisotopic (exact) mass is 403 g/mol. The second-order valence-electron chi connectivity index (χ2n) is 5.33. The highest BCUT2D eigenvalue weighted by molar-refractivity contribution is 6.32. The van der Waals surface area contributed by atoms with Crippen LogP contribution in [-0.2, 0) is 11.2 Å². The molecule has 5 nitrogen and oxygen atoms in total. The third kappa shape index (κ3) is 6.56. The first-order valence-electron chi connectivity index (χ1n) is 7.85. The molecule has 0 atom stereocenters. The zero-order valence-corrected chi connectivity index (χ0v) is 15.1. The molecular weight excluding hydrogens is 387 g/mol. The second-order valence-corrected chi connectivity index (χ2v) is 5.73. The van der Waals surface area contributed by atoms with Gasteiger partial charge in [0.25, 0.3) is 5.91 Å². The fourth-order valence-electron chi connectivity index (χ4n) is 2.19. The Morgan fingerprint density at radius 3 is 2.56 bits per heavy atom. The first kappa shape index (κ1) is 20.7. The van der Waals surface area contributed by atoms with Crippen LogP contribution in [0.5, 0.6) is 17.2 Å². The van der Waals surface area contributed by atoms with Crippen molar-refractivity contribution in [2.45, 2.75) is 13.0 Å². The maximum atomic E-state index is 12.9. The van der Waals surface area contributed by atoms with E-state index in [4.69, 9.17) is 21.1 Å². The number of hydrogen-bond donors (Lipinski definition) is 1. The molecule has 27 heavy (non-hydrogen) atoms. The summed E-state index contributed by atoms with van der Waals surface area (Å²) >= 11 is 5.80. The molecule has 0 radical (unpaired) electrons. The van der Waals surface area contributed by atoms with Crippen molar-refractivity contribution in [1.29, 1.82) is 0 Å². The largest absolute Gasteiger partial charge is 0.493 e. The maximum absolute atomic E-state index is 12.9. The van der Waals surface area contributed by atoms with Gasteiger partial charge in [0.05, 0.1) is 12.1 Å². The molecule has 0 unspecified atom stereocenters. The van der Waals surface area contributed by atoms with Gasteiger partial charge in [0.2, 0.25) is 0 Å². The van der Waals surface area contributed by atoms with Gasteiger partial charge >= 0.3 is 6.61 Å². The Morgan fingerprint density at radius 1 is 1.15 bits per heavy atom. The normalized spacial score (nSPS) is 10.6. The third-order valence-electron chi connectivity index (χ3n) is 3.43. The van der Waals surface area contributed by atoms with Crippen LogP contribution in [0.2, 0.25) is 5.02 Å². The highest BCUT2D eigenvalue weighted by Gasteiger charge is 2.11. The van der Waals surface area contributed by atoms with E-state index in [9.17, 15) is 18.0 Å². The summed E-state index contributed by atoms with van der Waals surface area (Å²) < 4.78 is 52.1. The van der Waals surface area contributed by atoms with E-state index in [0.29, 0.717) is 6.42 Å². The number of carbonyl (C=O) groups excluding carboxylic acids is 1. The van der Waals surface area contributed by atoms with Crippen LogP contribution in [0.4, 0.5) is 13.2 Å². The van der Waals surface area contributed by atoms with Crippen LogP contribution in [0.25, 0.3) is 0 Å². The predicted molar refractivity (Wildman–Crippen MR) is 93.2 cm³/mol. The first-order valence-corrected chi connectivity index (χ1v) is 8.23. The Bertz CT molecular complexity index is 789. The van der Waals surface area contributed by atoms with Crippen molar-refractivity contribution in [3.05, 3.63) is 52.8 Å². The smallest absolute Gasteiger partial charge is 0.387 e. The number of halogens is 4. The molecular formula is C18H17ClF3NO4. The van der Waals surface area contributed by atoms with E-state index in [0.717, 1.165) is 11.6 Å². The minimum atomic E-state index is -2.95. The van der Waals surface area contributed by atoms with Gasteiger partial charge in [-0.1, -0.05) is 17.7 Å². The van der Waals surface area contributed by atoms with Gasteiger partial charge in [-0.2, -0.15) is 8.78 Å². The number of rotatable bonds is 9. The topological polar surface area (TPSA) is 56.8 Å².